The van der Waals surface area contributed by atoms with E-state index in [1.54, 1.807) is 7.05 Å². The van der Waals surface area contributed by atoms with Crippen molar-refractivity contribution in [1.29, 1.82) is 5.26 Å². The average molecular weight is 502 g/mol. The standard InChI is InChI=1S/C25H29F2N5O4/c1-31(22(33)18(29)6-13-2-3-13)19(7-14-4-5-14)23(34)32-12-25(10-16(32)11-28)24(35)30-21-17(27)8-15(26)9-20(21)36-25/h8-9,13-14,16,18-19H,2-7,10,12,29H2,1H3,(H,30,35)/t16-,18-,19-,25+/m0/s1. The number of likely N-dealkylation sites (tertiary alicyclic amines) is 1. The van der Waals surface area contributed by atoms with Crippen LogP contribution in [0.5, 0.6) is 5.75 Å². The maximum atomic E-state index is 14.2. The highest BCUT2D eigenvalue weighted by Crippen LogP contribution is 2.43. The number of fused-ring (bicyclic) bond motifs is 1. The Morgan fingerprint density at radius 3 is 2.58 bits per heavy atom. The van der Waals surface area contributed by atoms with Crippen LogP contribution in [0.3, 0.4) is 0 Å². The maximum absolute atomic E-state index is 14.2. The molecule has 2 saturated carbocycles. The van der Waals surface area contributed by atoms with Crippen LogP contribution in [-0.4, -0.2) is 64.8 Å². The largest absolute Gasteiger partial charge is 0.473 e. The van der Waals surface area contributed by atoms with Crippen molar-refractivity contribution in [2.24, 2.45) is 17.6 Å². The molecule has 4 atom stereocenters. The molecule has 192 valence electrons. The van der Waals surface area contributed by atoms with E-state index in [0.29, 0.717) is 24.8 Å². The zero-order valence-corrected chi connectivity index (χ0v) is 20.0. The zero-order chi connectivity index (χ0) is 25.8. The molecule has 3 amide bonds. The Morgan fingerprint density at radius 1 is 1.28 bits per heavy atom. The van der Waals surface area contributed by atoms with Crippen molar-refractivity contribution in [2.45, 2.75) is 68.7 Å². The summed E-state index contributed by atoms with van der Waals surface area (Å²) in [6, 6.07) is 1.07. The molecule has 5 rings (SSSR count). The van der Waals surface area contributed by atoms with E-state index in [9.17, 15) is 28.4 Å². The van der Waals surface area contributed by atoms with E-state index >= 15 is 0 Å². The van der Waals surface area contributed by atoms with Crippen molar-refractivity contribution in [1.82, 2.24) is 9.80 Å². The number of anilines is 1. The quantitative estimate of drug-likeness (QED) is 0.587. The molecule has 3 fully saturated rings. The summed E-state index contributed by atoms with van der Waals surface area (Å²) < 4.78 is 33.8. The molecule has 1 saturated heterocycles. The van der Waals surface area contributed by atoms with Gasteiger partial charge in [-0.1, -0.05) is 25.7 Å². The summed E-state index contributed by atoms with van der Waals surface area (Å²) in [5, 5.41) is 12.2. The summed E-state index contributed by atoms with van der Waals surface area (Å²) in [7, 11) is 1.55. The van der Waals surface area contributed by atoms with Crippen molar-refractivity contribution in [2.75, 3.05) is 18.9 Å². The van der Waals surface area contributed by atoms with Crippen molar-refractivity contribution in [3.63, 3.8) is 0 Å². The Morgan fingerprint density at radius 2 is 1.94 bits per heavy atom. The Bertz CT molecular complexity index is 1150. The number of halogens is 2. The Kier molecular flexibility index (Phi) is 6.11. The number of nitriles is 1. The van der Waals surface area contributed by atoms with Gasteiger partial charge in [-0.05, 0) is 24.7 Å². The van der Waals surface area contributed by atoms with Crippen LogP contribution < -0.4 is 15.8 Å². The molecule has 3 N–H and O–H groups in total. The van der Waals surface area contributed by atoms with Crippen LogP contribution in [0.1, 0.15) is 44.9 Å². The number of hydrogen-bond acceptors (Lipinski definition) is 6. The van der Waals surface area contributed by atoms with Crippen molar-refractivity contribution < 1.29 is 27.9 Å². The summed E-state index contributed by atoms with van der Waals surface area (Å²) in [5.41, 5.74) is 4.18. The minimum Gasteiger partial charge on any atom is -0.473 e. The lowest BCUT2D eigenvalue weighted by atomic mass is 9.97. The number of ether oxygens (including phenoxy) is 1. The predicted molar refractivity (Wildman–Crippen MR) is 123 cm³/mol. The van der Waals surface area contributed by atoms with Gasteiger partial charge in [-0.25, -0.2) is 8.78 Å². The van der Waals surface area contributed by atoms with Crippen LogP contribution in [0.4, 0.5) is 14.5 Å². The molecule has 0 unspecified atom stereocenters. The molecule has 0 bridgehead atoms. The highest BCUT2D eigenvalue weighted by molar-refractivity contribution is 6.02. The molecule has 4 aliphatic rings. The number of carbonyl (C=O) groups is 3. The second-order valence-corrected chi connectivity index (χ2v) is 10.6. The molecule has 0 aromatic heterocycles. The van der Waals surface area contributed by atoms with Gasteiger partial charge in [0, 0.05) is 25.6 Å². The lowest BCUT2D eigenvalue weighted by Gasteiger charge is -2.35. The summed E-state index contributed by atoms with van der Waals surface area (Å²) in [6.07, 6.45) is 4.83. The Hall–Kier alpha value is -3.26. The van der Waals surface area contributed by atoms with E-state index < -0.39 is 47.2 Å². The van der Waals surface area contributed by atoms with E-state index in [4.69, 9.17) is 10.5 Å². The van der Waals surface area contributed by atoms with E-state index in [1.807, 2.05) is 0 Å². The van der Waals surface area contributed by atoms with Crippen LogP contribution in [0, 0.1) is 34.8 Å². The zero-order valence-electron chi connectivity index (χ0n) is 20.0. The van der Waals surface area contributed by atoms with Crippen molar-refractivity contribution >= 4 is 23.4 Å². The molecule has 11 heteroatoms. The van der Waals surface area contributed by atoms with Crippen LogP contribution in [0.25, 0.3) is 0 Å². The van der Waals surface area contributed by atoms with E-state index in [-0.39, 0.29) is 36.2 Å². The number of nitrogens with zero attached hydrogens (tertiary/aromatic N) is 3. The van der Waals surface area contributed by atoms with Gasteiger partial charge in [-0.15, -0.1) is 0 Å². The topological polar surface area (TPSA) is 129 Å². The number of likely N-dealkylation sites (N-methyl/N-ethyl adjacent to an activating group) is 1. The second kappa shape index (κ2) is 9.00. The van der Waals surface area contributed by atoms with Gasteiger partial charge in [0.15, 0.2) is 11.6 Å². The average Bonchev–Trinajstić information content (AvgIpc) is 3.77. The molecule has 2 heterocycles. The molecule has 0 radical (unpaired) electrons. The van der Waals surface area contributed by atoms with Gasteiger partial charge in [-0.3, -0.25) is 14.4 Å². The molecule has 9 nitrogen and oxygen atoms in total. The normalized spacial score (nSPS) is 26.5. The van der Waals surface area contributed by atoms with Crippen molar-refractivity contribution in [3.05, 3.63) is 23.8 Å². The summed E-state index contributed by atoms with van der Waals surface area (Å²) in [6.45, 7) is -0.287. The predicted octanol–water partition coefficient (Wildman–Crippen LogP) is 1.91. The lowest BCUT2D eigenvalue weighted by Crippen LogP contribution is -2.56. The highest BCUT2D eigenvalue weighted by atomic mass is 19.1. The van der Waals surface area contributed by atoms with Crippen LogP contribution in [-0.2, 0) is 14.4 Å². The fraction of sp³-hybridized carbons (Fsp3) is 0.600. The third-order valence-electron chi connectivity index (χ3n) is 7.69. The fourth-order valence-corrected chi connectivity index (χ4v) is 5.21. The van der Waals surface area contributed by atoms with Crippen LogP contribution in [0.2, 0.25) is 0 Å². The molecular weight excluding hydrogens is 472 g/mol. The van der Waals surface area contributed by atoms with E-state index in [2.05, 4.69) is 11.4 Å². The molecular formula is C25H29F2N5O4. The molecule has 2 aliphatic carbocycles. The highest BCUT2D eigenvalue weighted by Gasteiger charge is 2.57. The maximum Gasteiger partial charge on any atom is 0.270 e. The van der Waals surface area contributed by atoms with Gasteiger partial charge in [0.1, 0.15) is 23.6 Å². The smallest absolute Gasteiger partial charge is 0.270 e. The van der Waals surface area contributed by atoms with Gasteiger partial charge in [0.2, 0.25) is 17.4 Å². The molecule has 36 heavy (non-hydrogen) atoms. The van der Waals surface area contributed by atoms with Gasteiger partial charge >= 0.3 is 0 Å². The minimum atomic E-state index is -1.68. The van der Waals surface area contributed by atoms with E-state index in [1.165, 1.54) is 9.80 Å². The number of nitrogens with one attached hydrogen (secondary N) is 1. The number of nitrogens with two attached hydrogens (primary N) is 1. The Balaban J connectivity index is 1.39. The summed E-state index contributed by atoms with van der Waals surface area (Å²) in [4.78, 5) is 42.5. The first-order valence-corrected chi connectivity index (χ1v) is 12.3. The first kappa shape index (κ1) is 24.4. The molecule has 1 aromatic carbocycles. The van der Waals surface area contributed by atoms with Crippen LogP contribution in [0.15, 0.2) is 12.1 Å². The number of rotatable bonds is 7. The van der Waals surface area contributed by atoms with Gasteiger partial charge in [-0.2, -0.15) is 5.26 Å². The first-order valence-electron chi connectivity index (χ1n) is 12.3. The Labute approximate surface area is 207 Å². The second-order valence-electron chi connectivity index (χ2n) is 10.6. The lowest BCUT2D eigenvalue weighted by molar-refractivity contribution is -0.146. The van der Waals surface area contributed by atoms with E-state index in [0.717, 1.165) is 31.7 Å². The fourth-order valence-electron chi connectivity index (χ4n) is 5.21. The minimum absolute atomic E-state index is 0.173. The number of amides is 3. The number of carbonyl (C=O) groups excluding carboxylic acids is 3. The van der Waals surface area contributed by atoms with Crippen molar-refractivity contribution in [3.8, 4) is 11.8 Å². The molecule has 1 spiro atoms. The molecule has 1 aromatic rings. The summed E-state index contributed by atoms with van der Waals surface area (Å²) in [5.74, 6) is -2.84. The monoisotopic (exact) mass is 501 g/mol. The third-order valence-corrected chi connectivity index (χ3v) is 7.69. The van der Waals surface area contributed by atoms with Gasteiger partial charge in [0.25, 0.3) is 5.91 Å². The van der Waals surface area contributed by atoms with Gasteiger partial charge < -0.3 is 25.6 Å². The summed E-state index contributed by atoms with van der Waals surface area (Å²) >= 11 is 0. The third kappa shape index (κ3) is 4.50. The van der Waals surface area contributed by atoms with Gasteiger partial charge in [0.05, 0.1) is 18.7 Å². The molecule has 2 aliphatic heterocycles. The number of hydrogen-bond donors (Lipinski definition) is 2. The SMILES string of the molecule is CN(C(=O)[C@@H](N)CC1CC1)[C@@H](CC1CC1)C(=O)N1C[C@@]2(C[C@H]1C#N)Oc1cc(F)cc(F)c1NC2=O. The van der Waals surface area contributed by atoms with Crippen LogP contribution >= 0.6 is 0 Å². The number of benzene rings is 1. The first-order chi connectivity index (χ1) is 17.1.